The Morgan fingerprint density at radius 3 is 3.07 bits per heavy atom. The van der Waals surface area contributed by atoms with Crippen molar-refractivity contribution in [1.82, 2.24) is 9.88 Å². The first-order valence-electron chi connectivity index (χ1n) is 5.47. The number of nitrogens with zero attached hydrogens (tertiary/aromatic N) is 2. The van der Waals surface area contributed by atoms with Crippen molar-refractivity contribution in [3.05, 3.63) is 29.6 Å². The Morgan fingerprint density at radius 1 is 1.53 bits per heavy atom. The van der Waals surface area contributed by atoms with E-state index < -0.39 is 0 Å². The third-order valence-corrected chi connectivity index (χ3v) is 3.36. The average Bonchev–Trinajstić information content (AvgIpc) is 2.65. The number of alkyl halides is 1. The lowest BCUT2D eigenvalue weighted by molar-refractivity contribution is 0.320. The van der Waals surface area contributed by atoms with Crippen LogP contribution in [-0.4, -0.2) is 28.9 Å². The summed E-state index contributed by atoms with van der Waals surface area (Å²) in [5.74, 6) is 1.48. The minimum Gasteiger partial charge on any atom is -0.299 e. The molecule has 1 fully saturated rings. The van der Waals surface area contributed by atoms with E-state index in [1.54, 1.807) is 0 Å². The molecule has 15 heavy (non-hydrogen) atoms. The quantitative estimate of drug-likeness (QED) is 0.734. The molecular formula is C12H17ClN2. The highest BCUT2D eigenvalue weighted by atomic mass is 35.5. The molecule has 1 atom stereocenters. The molecular weight excluding hydrogens is 208 g/mol. The van der Waals surface area contributed by atoms with E-state index in [9.17, 15) is 0 Å². The van der Waals surface area contributed by atoms with E-state index >= 15 is 0 Å². The summed E-state index contributed by atoms with van der Waals surface area (Å²) < 4.78 is 0. The van der Waals surface area contributed by atoms with E-state index in [-0.39, 0.29) is 0 Å². The van der Waals surface area contributed by atoms with Crippen LogP contribution < -0.4 is 0 Å². The smallest absolute Gasteiger partial charge is 0.0313 e. The van der Waals surface area contributed by atoms with Gasteiger partial charge in [-0.3, -0.25) is 9.88 Å². The van der Waals surface area contributed by atoms with Gasteiger partial charge in [-0.05, 0) is 36.9 Å². The lowest BCUT2D eigenvalue weighted by Gasteiger charge is -2.15. The molecule has 2 nitrogen and oxygen atoms in total. The first kappa shape index (κ1) is 10.9. The zero-order valence-corrected chi connectivity index (χ0v) is 9.87. The number of aryl methyl sites for hydroxylation is 1. The van der Waals surface area contributed by atoms with Crippen molar-refractivity contribution in [2.75, 3.05) is 19.0 Å². The van der Waals surface area contributed by atoms with Crippen LogP contribution in [0.1, 0.15) is 17.5 Å². The Morgan fingerprint density at radius 2 is 2.40 bits per heavy atom. The summed E-state index contributed by atoms with van der Waals surface area (Å²) in [5, 5.41) is 0. The van der Waals surface area contributed by atoms with Gasteiger partial charge in [0.05, 0.1) is 0 Å². The maximum absolute atomic E-state index is 5.86. The number of hydrogen-bond acceptors (Lipinski definition) is 2. The molecule has 2 rings (SSSR count). The van der Waals surface area contributed by atoms with E-state index in [0.717, 1.165) is 19.0 Å². The van der Waals surface area contributed by atoms with Gasteiger partial charge >= 0.3 is 0 Å². The van der Waals surface area contributed by atoms with Crippen LogP contribution in [0.5, 0.6) is 0 Å². The summed E-state index contributed by atoms with van der Waals surface area (Å²) in [5.41, 5.74) is 2.55. The molecule has 1 aliphatic rings. The molecule has 1 unspecified atom stereocenters. The van der Waals surface area contributed by atoms with Crippen molar-refractivity contribution in [2.24, 2.45) is 5.92 Å². The van der Waals surface area contributed by atoms with Crippen molar-refractivity contribution in [1.29, 1.82) is 0 Å². The van der Waals surface area contributed by atoms with Gasteiger partial charge in [-0.15, -0.1) is 11.6 Å². The molecule has 1 saturated heterocycles. The molecule has 1 aromatic rings. The highest BCUT2D eigenvalue weighted by Gasteiger charge is 2.21. The van der Waals surface area contributed by atoms with Crippen molar-refractivity contribution < 1.29 is 0 Å². The Labute approximate surface area is 96.3 Å². The second-order valence-corrected chi connectivity index (χ2v) is 4.72. The zero-order valence-electron chi connectivity index (χ0n) is 9.12. The Hall–Kier alpha value is -0.600. The van der Waals surface area contributed by atoms with Gasteiger partial charge in [0.15, 0.2) is 0 Å². The van der Waals surface area contributed by atoms with Crippen molar-refractivity contribution in [2.45, 2.75) is 19.9 Å². The number of hydrogen-bond donors (Lipinski definition) is 0. The second-order valence-electron chi connectivity index (χ2n) is 4.41. The van der Waals surface area contributed by atoms with Crippen molar-refractivity contribution >= 4 is 11.6 Å². The zero-order chi connectivity index (χ0) is 10.7. The van der Waals surface area contributed by atoms with E-state index in [1.807, 2.05) is 12.4 Å². The highest BCUT2D eigenvalue weighted by molar-refractivity contribution is 6.18. The molecule has 0 amide bonds. The van der Waals surface area contributed by atoms with Gasteiger partial charge in [-0.25, -0.2) is 0 Å². The summed E-state index contributed by atoms with van der Waals surface area (Å²) in [6, 6.07) is 2.21. The van der Waals surface area contributed by atoms with E-state index in [0.29, 0.717) is 5.92 Å². The van der Waals surface area contributed by atoms with Gasteiger partial charge in [0.2, 0.25) is 0 Å². The van der Waals surface area contributed by atoms with E-state index in [1.165, 1.54) is 24.1 Å². The fourth-order valence-corrected chi connectivity index (χ4v) is 2.40. The van der Waals surface area contributed by atoms with Gasteiger partial charge in [-0.1, -0.05) is 6.07 Å². The van der Waals surface area contributed by atoms with E-state index in [4.69, 9.17) is 11.6 Å². The predicted octanol–water partition coefficient (Wildman–Crippen LogP) is 2.45. The molecule has 0 N–H and O–H groups in total. The SMILES string of the molecule is Cc1cncc(CN2CCC(CCl)C2)c1. The van der Waals surface area contributed by atoms with Crippen LogP contribution in [0.25, 0.3) is 0 Å². The molecule has 0 radical (unpaired) electrons. The largest absolute Gasteiger partial charge is 0.299 e. The second kappa shape index (κ2) is 4.95. The lowest BCUT2D eigenvalue weighted by atomic mass is 10.2. The highest BCUT2D eigenvalue weighted by Crippen LogP contribution is 2.19. The molecule has 0 aliphatic carbocycles. The normalized spacial score (nSPS) is 22.1. The van der Waals surface area contributed by atoms with Crippen LogP contribution in [0, 0.1) is 12.8 Å². The third kappa shape index (κ3) is 2.93. The van der Waals surface area contributed by atoms with Crippen LogP contribution in [0.4, 0.5) is 0 Å². The summed E-state index contributed by atoms with van der Waals surface area (Å²) >= 11 is 5.86. The molecule has 0 saturated carbocycles. The number of aromatic nitrogens is 1. The number of rotatable bonds is 3. The minimum atomic E-state index is 0.685. The lowest BCUT2D eigenvalue weighted by Crippen LogP contribution is -2.20. The number of likely N-dealkylation sites (tertiary alicyclic amines) is 1. The van der Waals surface area contributed by atoms with Gasteiger partial charge in [0.1, 0.15) is 0 Å². The average molecular weight is 225 g/mol. The molecule has 82 valence electrons. The van der Waals surface area contributed by atoms with Crippen molar-refractivity contribution in [3.8, 4) is 0 Å². The molecule has 0 bridgehead atoms. The van der Waals surface area contributed by atoms with Crippen molar-refractivity contribution in [3.63, 3.8) is 0 Å². The van der Waals surface area contributed by atoms with E-state index in [2.05, 4.69) is 22.9 Å². The molecule has 1 aromatic heterocycles. The molecule has 1 aliphatic heterocycles. The summed E-state index contributed by atoms with van der Waals surface area (Å²) in [4.78, 5) is 6.67. The summed E-state index contributed by atoms with van der Waals surface area (Å²) in [7, 11) is 0. The Kier molecular flexibility index (Phi) is 3.60. The number of pyridine rings is 1. The number of halogens is 1. The van der Waals surface area contributed by atoms with Gasteiger partial charge < -0.3 is 0 Å². The molecule has 0 spiro atoms. The third-order valence-electron chi connectivity index (χ3n) is 2.93. The minimum absolute atomic E-state index is 0.685. The predicted molar refractivity (Wildman–Crippen MR) is 63.1 cm³/mol. The standard InChI is InChI=1S/C12H17ClN2/c1-10-4-12(7-14-6-10)9-15-3-2-11(5-13)8-15/h4,6-7,11H,2-3,5,8-9H2,1H3. The van der Waals surface area contributed by atoms with Gasteiger partial charge in [0.25, 0.3) is 0 Å². The maximum atomic E-state index is 5.86. The first-order valence-corrected chi connectivity index (χ1v) is 6.00. The van der Waals surface area contributed by atoms with Gasteiger partial charge in [0, 0.05) is 31.4 Å². The topological polar surface area (TPSA) is 16.1 Å². The van der Waals surface area contributed by atoms with Gasteiger partial charge in [-0.2, -0.15) is 0 Å². The van der Waals surface area contributed by atoms with Crippen LogP contribution in [0.2, 0.25) is 0 Å². The maximum Gasteiger partial charge on any atom is 0.0313 e. The fourth-order valence-electron chi connectivity index (χ4n) is 2.14. The first-order chi connectivity index (χ1) is 7.28. The van der Waals surface area contributed by atoms with Crippen LogP contribution in [0.3, 0.4) is 0 Å². The molecule has 3 heteroatoms. The fraction of sp³-hybridized carbons (Fsp3) is 0.583. The Bertz CT molecular complexity index is 327. The van der Waals surface area contributed by atoms with Crippen LogP contribution >= 0.6 is 11.6 Å². The summed E-state index contributed by atoms with van der Waals surface area (Å²) in [6.07, 6.45) is 5.10. The monoisotopic (exact) mass is 224 g/mol. The van der Waals surface area contributed by atoms with Crippen LogP contribution in [0.15, 0.2) is 18.5 Å². The Balaban J connectivity index is 1.92. The molecule has 2 heterocycles. The summed E-state index contributed by atoms with van der Waals surface area (Å²) in [6.45, 7) is 5.41. The van der Waals surface area contributed by atoms with Crippen LogP contribution in [-0.2, 0) is 6.54 Å². The molecule has 0 aromatic carbocycles.